The molecule has 4 nitrogen and oxygen atoms in total. The molecule has 0 atom stereocenters. The second kappa shape index (κ2) is 6.35. The summed E-state index contributed by atoms with van der Waals surface area (Å²) < 4.78 is 11.3. The van der Waals surface area contributed by atoms with Crippen molar-refractivity contribution in [2.45, 2.75) is 27.3 Å². The van der Waals surface area contributed by atoms with E-state index in [1.807, 2.05) is 6.92 Å². The van der Waals surface area contributed by atoms with Gasteiger partial charge in [0.15, 0.2) is 0 Å². The highest BCUT2D eigenvalue weighted by molar-refractivity contribution is 9.10. The van der Waals surface area contributed by atoms with Crippen LogP contribution in [0.5, 0.6) is 0 Å². The van der Waals surface area contributed by atoms with Crippen molar-refractivity contribution in [1.82, 2.24) is 0 Å². The summed E-state index contributed by atoms with van der Waals surface area (Å²) in [4.78, 5) is 11.6. The maximum absolute atomic E-state index is 11.6. The Morgan fingerprint density at radius 1 is 1.29 bits per heavy atom. The minimum atomic E-state index is -0.379. The predicted octanol–water partition coefficient (Wildman–Crippen LogP) is 4.37. The molecule has 0 bridgehead atoms. The molecule has 0 saturated heterocycles. The molecule has 112 valence electrons. The molecule has 0 amide bonds. The zero-order chi connectivity index (χ0) is 15.6. The van der Waals surface area contributed by atoms with E-state index in [4.69, 9.17) is 9.15 Å². The lowest BCUT2D eigenvalue weighted by atomic mass is 10.1. The molecule has 0 aliphatic carbocycles. The summed E-state index contributed by atoms with van der Waals surface area (Å²) in [6.07, 6.45) is 0. The third kappa shape index (κ3) is 3.47. The smallest absolute Gasteiger partial charge is 0.341 e. The van der Waals surface area contributed by atoms with Crippen LogP contribution >= 0.6 is 15.9 Å². The number of aryl methyl sites for hydroxylation is 3. The topological polar surface area (TPSA) is 51.5 Å². The molecule has 1 heterocycles. The molecule has 1 aromatic heterocycles. The molecule has 0 aliphatic rings. The van der Waals surface area contributed by atoms with E-state index >= 15 is 0 Å². The van der Waals surface area contributed by atoms with Crippen LogP contribution < -0.4 is 5.32 Å². The fraction of sp³-hybridized carbons (Fsp3) is 0.312. The van der Waals surface area contributed by atoms with Crippen molar-refractivity contribution in [3.63, 3.8) is 0 Å². The number of hydrogen-bond acceptors (Lipinski definition) is 4. The highest BCUT2D eigenvalue weighted by atomic mass is 79.9. The van der Waals surface area contributed by atoms with E-state index in [0.29, 0.717) is 23.6 Å². The number of rotatable bonds is 4. The minimum Gasteiger partial charge on any atom is -0.465 e. The number of furan rings is 1. The van der Waals surface area contributed by atoms with E-state index in [9.17, 15) is 4.79 Å². The number of methoxy groups -OCH3 is 1. The van der Waals surface area contributed by atoms with E-state index in [-0.39, 0.29) is 5.97 Å². The monoisotopic (exact) mass is 351 g/mol. The third-order valence-electron chi connectivity index (χ3n) is 3.25. The molecule has 5 heteroatoms. The van der Waals surface area contributed by atoms with Gasteiger partial charge >= 0.3 is 5.97 Å². The summed E-state index contributed by atoms with van der Waals surface area (Å²) in [7, 11) is 1.36. The van der Waals surface area contributed by atoms with Gasteiger partial charge in [0, 0.05) is 4.47 Å². The summed E-state index contributed by atoms with van der Waals surface area (Å²) in [5, 5.41) is 3.33. The van der Waals surface area contributed by atoms with Crippen LogP contribution in [0.1, 0.15) is 33.0 Å². The zero-order valence-electron chi connectivity index (χ0n) is 12.5. The first-order valence-corrected chi connectivity index (χ1v) is 7.40. The molecule has 0 aliphatic heterocycles. The van der Waals surface area contributed by atoms with Crippen LogP contribution in [-0.2, 0) is 11.3 Å². The maximum atomic E-state index is 11.6. The largest absolute Gasteiger partial charge is 0.465 e. The van der Waals surface area contributed by atoms with Crippen LogP contribution in [0.25, 0.3) is 0 Å². The van der Waals surface area contributed by atoms with Gasteiger partial charge in [-0.3, -0.25) is 0 Å². The van der Waals surface area contributed by atoms with Gasteiger partial charge in [0.05, 0.1) is 19.3 Å². The second-order valence-corrected chi connectivity index (χ2v) is 5.82. The number of esters is 1. The number of carbonyl (C=O) groups is 1. The average molecular weight is 352 g/mol. The van der Waals surface area contributed by atoms with Gasteiger partial charge in [-0.05, 0) is 60.0 Å². The van der Waals surface area contributed by atoms with Crippen molar-refractivity contribution in [2.75, 3.05) is 12.4 Å². The van der Waals surface area contributed by atoms with Crippen molar-refractivity contribution in [3.8, 4) is 0 Å². The molecule has 21 heavy (non-hydrogen) atoms. The van der Waals surface area contributed by atoms with Crippen molar-refractivity contribution in [1.29, 1.82) is 0 Å². The quantitative estimate of drug-likeness (QED) is 0.831. The zero-order valence-corrected chi connectivity index (χ0v) is 14.1. The highest BCUT2D eigenvalue weighted by Gasteiger charge is 2.15. The third-order valence-corrected chi connectivity index (χ3v) is 3.87. The summed E-state index contributed by atoms with van der Waals surface area (Å²) in [5.74, 6) is 0.883. The van der Waals surface area contributed by atoms with Crippen molar-refractivity contribution in [2.24, 2.45) is 0 Å². The first-order chi connectivity index (χ1) is 9.92. The Labute approximate surface area is 132 Å². The van der Waals surface area contributed by atoms with Crippen molar-refractivity contribution >= 4 is 27.6 Å². The first kappa shape index (κ1) is 15.6. The highest BCUT2D eigenvalue weighted by Crippen LogP contribution is 2.28. The second-order valence-electron chi connectivity index (χ2n) is 4.97. The Balaban J connectivity index is 2.16. The molecule has 0 fully saturated rings. The van der Waals surface area contributed by atoms with Gasteiger partial charge < -0.3 is 14.5 Å². The van der Waals surface area contributed by atoms with E-state index in [2.05, 4.69) is 40.3 Å². The summed E-state index contributed by atoms with van der Waals surface area (Å²) in [6, 6.07) is 5.88. The molecule has 1 N–H and O–H groups in total. The molecule has 2 rings (SSSR count). The molecular formula is C16H18BrNO3. The lowest BCUT2D eigenvalue weighted by Crippen LogP contribution is -2.02. The maximum Gasteiger partial charge on any atom is 0.341 e. The molecule has 0 saturated carbocycles. The number of carbonyl (C=O) groups excluding carboxylic acids is 1. The number of hydrogen-bond donors (Lipinski definition) is 1. The number of anilines is 1. The first-order valence-electron chi connectivity index (χ1n) is 6.60. The Morgan fingerprint density at radius 2 is 2.00 bits per heavy atom. The Kier molecular flexibility index (Phi) is 4.73. The Bertz CT molecular complexity index is 653. The van der Waals surface area contributed by atoms with E-state index in [1.165, 1.54) is 12.7 Å². The summed E-state index contributed by atoms with van der Waals surface area (Å²) in [6.45, 7) is 6.36. The molecule has 0 unspecified atom stereocenters. The van der Waals surface area contributed by atoms with Gasteiger partial charge in [-0.15, -0.1) is 0 Å². The molecule has 1 aromatic carbocycles. The number of ether oxygens (including phenoxy) is 1. The molecule has 2 aromatic rings. The van der Waals surface area contributed by atoms with E-state index in [1.54, 1.807) is 13.0 Å². The minimum absolute atomic E-state index is 0.379. The number of benzene rings is 1. The van der Waals surface area contributed by atoms with Crippen LogP contribution in [0.3, 0.4) is 0 Å². The van der Waals surface area contributed by atoms with Crippen LogP contribution in [0.15, 0.2) is 27.1 Å². The van der Waals surface area contributed by atoms with Gasteiger partial charge in [-0.1, -0.05) is 6.07 Å². The lowest BCUT2D eigenvalue weighted by Gasteiger charge is -2.11. The van der Waals surface area contributed by atoms with Crippen LogP contribution in [0.4, 0.5) is 5.69 Å². The van der Waals surface area contributed by atoms with E-state index in [0.717, 1.165) is 15.7 Å². The van der Waals surface area contributed by atoms with Crippen molar-refractivity contribution < 1.29 is 13.9 Å². The van der Waals surface area contributed by atoms with Gasteiger partial charge in [0.2, 0.25) is 0 Å². The van der Waals surface area contributed by atoms with Crippen LogP contribution in [0, 0.1) is 20.8 Å². The molecule has 0 spiro atoms. The normalized spacial score (nSPS) is 10.5. The van der Waals surface area contributed by atoms with Gasteiger partial charge in [-0.25, -0.2) is 4.79 Å². The molecular weight excluding hydrogens is 334 g/mol. The number of halogens is 1. The van der Waals surface area contributed by atoms with Gasteiger partial charge in [-0.2, -0.15) is 0 Å². The molecule has 0 radical (unpaired) electrons. The Morgan fingerprint density at radius 3 is 2.62 bits per heavy atom. The average Bonchev–Trinajstić information content (AvgIpc) is 2.78. The lowest BCUT2D eigenvalue weighted by molar-refractivity contribution is 0.0599. The predicted molar refractivity (Wildman–Crippen MR) is 85.7 cm³/mol. The van der Waals surface area contributed by atoms with Gasteiger partial charge in [0.25, 0.3) is 0 Å². The number of nitrogens with one attached hydrogen (secondary N) is 1. The van der Waals surface area contributed by atoms with E-state index < -0.39 is 0 Å². The van der Waals surface area contributed by atoms with Gasteiger partial charge in [0.1, 0.15) is 17.1 Å². The van der Waals surface area contributed by atoms with Crippen LogP contribution in [0.2, 0.25) is 0 Å². The standard InChI is InChI=1S/C16H18BrNO3/c1-9-5-10(2)15(14(17)6-9)18-8-12-7-13(11(3)21-12)16(19)20-4/h5-7,18H,8H2,1-4H3. The Hall–Kier alpha value is -1.75. The summed E-state index contributed by atoms with van der Waals surface area (Å²) in [5.41, 5.74) is 3.84. The fourth-order valence-electron chi connectivity index (χ4n) is 2.26. The van der Waals surface area contributed by atoms with Crippen LogP contribution in [-0.4, -0.2) is 13.1 Å². The van der Waals surface area contributed by atoms with Crippen molar-refractivity contribution in [3.05, 3.63) is 50.9 Å². The SMILES string of the molecule is COC(=O)c1cc(CNc2c(C)cc(C)cc2Br)oc1C. The summed E-state index contributed by atoms with van der Waals surface area (Å²) >= 11 is 3.56. The fourth-order valence-corrected chi connectivity index (χ4v) is 3.07.